The van der Waals surface area contributed by atoms with E-state index in [2.05, 4.69) is 25.2 Å². The van der Waals surface area contributed by atoms with Crippen LogP contribution in [0.2, 0.25) is 0 Å². The molecule has 1 aromatic rings. The minimum atomic E-state index is -0.589. The van der Waals surface area contributed by atoms with Crippen molar-refractivity contribution in [3.63, 3.8) is 0 Å². The molecule has 2 aliphatic rings. The van der Waals surface area contributed by atoms with Crippen LogP contribution in [0.5, 0.6) is 5.75 Å². The summed E-state index contributed by atoms with van der Waals surface area (Å²) in [6.07, 6.45) is 7.83. The van der Waals surface area contributed by atoms with Gasteiger partial charge in [0.2, 0.25) is 0 Å². The van der Waals surface area contributed by atoms with E-state index in [9.17, 15) is 9.59 Å². The fourth-order valence-electron chi connectivity index (χ4n) is 3.29. The van der Waals surface area contributed by atoms with Gasteiger partial charge in [0.25, 0.3) is 5.91 Å². The highest BCUT2D eigenvalue weighted by Crippen LogP contribution is 2.24. The zero-order valence-corrected chi connectivity index (χ0v) is 18.0. The molecule has 0 saturated carbocycles. The number of likely N-dealkylation sites (tertiary alicyclic amines) is 1. The van der Waals surface area contributed by atoms with Gasteiger partial charge in [0.1, 0.15) is 5.75 Å². The third-order valence-corrected chi connectivity index (χ3v) is 5.79. The minimum Gasteiger partial charge on any atom is -0.497 e. The quantitative estimate of drug-likeness (QED) is 0.323. The fourth-order valence-corrected chi connectivity index (χ4v) is 4.03. The fraction of sp³-hybridized carbons (Fsp3) is 0.429. The van der Waals surface area contributed by atoms with Crippen LogP contribution in [0.3, 0.4) is 0 Å². The largest absolute Gasteiger partial charge is 0.497 e. The van der Waals surface area contributed by atoms with Gasteiger partial charge in [-0.1, -0.05) is 12.8 Å². The molecule has 2 aliphatic heterocycles. The van der Waals surface area contributed by atoms with Gasteiger partial charge < -0.3 is 9.47 Å². The van der Waals surface area contributed by atoms with Crippen molar-refractivity contribution in [2.24, 2.45) is 10.2 Å². The van der Waals surface area contributed by atoms with Gasteiger partial charge in [0.15, 0.2) is 5.17 Å². The second-order valence-electron chi connectivity index (χ2n) is 6.99. The summed E-state index contributed by atoms with van der Waals surface area (Å²) < 4.78 is 9.93. The van der Waals surface area contributed by atoms with Gasteiger partial charge in [-0.15, -0.1) is 5.10 Å². The number of amides is 1. The Bertz CT molecular complexity index is 874. The first-order valence-corrected chi connectivity index (χ1v) is 10.7. The first-order valence-electron chi connectivity index (χ1n) is 9.88. The van der Waals surface area contributed by atoms with Gasteiger partial charge in [-0.2, -0.15) is 5.10 Å². The lowest BCUT2D eigenvalue weighted by Gasteiger charge is -2.21. The van der Waals surface area contributed by atoms with Crippen LogP contribution >= 0.6 is 11.8 Å². The van der Waals surface area contributed by atoms with Crippen molar-refractivity contribution in [3.05, 3.63) is 40.3 Å². The first kappa shape index (κ1) is 22.0. The van der Waals surface area contributed by atoms with E-state index in [1.54, 1.807) is 13.3 Å². The van der Waals surface area contributed by atoms with Crippen molar-refractivity contribution in [1.29, 1.82) is 0 Å². The van der Waals surface area contributed by atoms with Crippen LogP contribution in [0.4, 0.5) is 0 Å². The maximum absolute atomic E-state index is 11.9. The number of hydrogen-bond donors (Lipinski definition) is 1. The molecule has 0 unspecified atom stereocenters. The average molecular weight is 431 g/mol. The summed E-state index contributed by atoms with van der Waals surface area (Å²) in [4.78, 5) is 25.9. The number of benzene rings is 1. The number of nitrogens with zero attached hydrogens (tertiary/aromatic N) is 3. The smallest absolute Gasteiger partial charge is 0.331 e. The van der Waals surface area contributed by atoms with Crippen molar-refractivity contribution in [2.45, 2.75) is 32.2 Å². The summed E-state index contributed by atoms with van der Waals surface area (Å²) in [5, 5.41) is 11.1. The van der Waals surface area contributed by atoms with E-state index in [1.165, 1.54) is 32.8 Å². The molecule has 0 atom stereocenters. The number of nitrogens with one attached hydrogen (secondary N) is 1. The molecule has 9 heteroatoms. The number of amidine groups is 1. The van der Waals surface area contributed by atoms with E-state index in [0.29, 0.717) is 5.17 Å². The molecule has 0 spiro atoms. The number of carbonyl (C=O) groups is 2. The molecule has 2 fully saturated rings. The monoisotopic (exact) mass is 430 g/mol. The van der Waals surface area contributed by atoms with Crippen molar-refractivity contribution >= 4 is 35.0 Å². The lowest BCUT2D eigenvalue weighted by molar-refractivity contribution is -0.135. The van der Waals surface area contributed by atoms with Crippen molar-refractivity contribution < 1.29 is 19.1 Å². The van der Waals surface area contributed by atoms with Crippen molar-refractivity contribution in [1.82, 2.24) is 10.2 Å². The Hall–Kier alpha value is -2.65. The lowest BCUT2D eigenvalue weighted by atomic mass is 10.1. The molecule has 0 aliphatic carbocycles. The molecule has 2 heterocycles. The predicted octanol–water partition coefficient (Wildman–Crippen LogP) is 2.68. The number of rotatable bonds is 6. The molecule has 0 radical (unpaired) electrons. The summed E-state index contributed by atoms with van der Waals surface area (Å²) in [6.45, 7) is 3.01. The Morgan fingerprint density at radius 1 is 1.23 bits per heavy atom. The maximum Gasteiger partial charge on any atom is 0.331 e. The van der Waals surface area contributed by atoms with Crippen molar-refractivity contribution in [2.75, 3.05) is 27.3 Å². The van der Waals surface area contributed by atoms with E-state index in [4.69, 9.17) is 4.74 Å². The van der Waals surface area contributed by atoms with Crippen LogP contribution in [0.25, 0.3) is 0 Å². The summed E-state index contributed by atoms with van der Waals surface area (Å²) in [7, 11) is 2.92. The molecule has 1 N–H and O–H groups in total. The highest BCUT2D eigenvalue weighted by molar-refractivity contribution is 8.18. The van der Waals surface area contributed by atoms with E-state index in [0.717, 1.165) is 54.3 Å². The Balaban J connectivity index is 1.73. The molecule has 0 aromatic heterocycles. The minimum absolute atomic E-state index is 0.224. The Labute approximate surface area is 180 Å². The maximum atomic E-state index is 11.9. The third kappa shape index (κ3) is 6.17. The lowest BCUT2D eigenvalue weighted by Crippen LogP contribution is -2.24. The van der Waals surface area contributed by atoms with Gasteiger partial charge >= 0.3 is 5.97 Å². The zero-order valence-electron chi connectivity index (χ0n) is 17.2. The average Bonchev–Trinajstić information content (AvgIpc) is 2.93. The summed E-state index contributed by atoms with van der Waals surface area (Å²) in [5.41, 5.74) is 2.07. The van der Waals surface area contributed by atoms with Crippen LogP contribution in [0, 0.1) is 0 Å². The number of ether oxygens (including phenoxy) is 2. The normalized spacial score (nSPS) is 20.5. The Morgan fingerprint density at radius 3 is 2.70 bits per heavy atom. The standard InChI is InChI=1S/C21H26N4O4S/c1-28-17-8-7-15(16(11-17)14-25-9-5-3-4-6-10-25)13-22-24-21-23-20(27)18(30-21)12-19(26)29-2/h7-8,11-13H,3-6,9-10,14H2,1-2H3,(H,23,24,27)/b18-12+,22-13?. The van der Waals surface area contributed by atoms with E-state index in [1.807, 2.05) is 18.2 Å². The van der Waals surface area contributed by atoms with Crippen LogP contribution in [-0.2, 0) is 20.9 Å². The molecule has 30 heavy (non-hydrogen) atoms. The van der Waals surface area contributed by atoms with E-state index >= 15 is 0 Å². The predicted molar refractivity (Wildman–Crippen MR) is 118 cm³/mol. The molecule has 1 aromatic carbocycles. The van der Waals surface area contributed by atoms with Crippen LogP contribution in [0.15, 0.2) is 39.4 Å². The van der Waals surface area contributed by atoms with Crippen LogP contribution in [0.1, 0.15) is 36.8 Å². The molecule has 0 bridgehead atoms. The van der Waals surface area contributed by atoms with Crippen LogP contribution in [-0.4, -0.2) is 55.5 Å². The summed E-state index contributed by atoms with van der Waals surface area (Å²) >= 11 is 1.05. The van der Waals surface area contributed by atoms with Crippen molar-refractivity contribution in [3.8, 4) is 5.75 Å². The topological polar surface area (TPSA) is 92.6 Å². The molecule has 1 amide bonds. The van der Waals surface area contributed by atoms with E-state index < -0.39 is 11.9 Å². The highest BCUT2D eigenvalue weighted by Gasteiger charge is 2.25. The van der Waals surface area contributed by atoms with Gasteiger partial charge in [0.05, 0.1) is 25.3 Å². The second-order valence-corrected chi connectivity index (χ2v) is 8.02. The highest BCUT2D eigenvalue weighted by atomic mass is 32.2. The molecule has 3 rings (SSSR count). The Morgan fingerprint density at radius 2 is 2.00 bits per heavy atom. The zero-order chi connectivity index (χ0) is 21.3. The molecule has 8 nitrogen and oxygen atoms in total. The second kappa shape index (κ2) is 10.9. The molecular formula is C21H26N4O4S. The summed E-state index contributed by atoms with van der Waals surface area (Å²) in [5.74, 6) is -0.182. The molecule has 160 valence electrons. The molecule has 2 saturated heterocycles. The summed E-state index contributed by atoms with van der Waals surface area (Å²) in [6, 6.07) is 5.88. The third-order valence-electron chi connectivity index (χ3n) is 4.89. The number of hydrogen-bond acceptors (Lipinski definition) is 8. The number of thioether (sulfide) groups is 1. The van der Waals surface area contributed by atoms with Gasteiger partial charge in [-0.3, -0.25) is 15.0 Å². The number of carbonyl (C=O) groups excluding carboxylic acids is 2. The number of esters is 1. The molecular weight excluding hydrogens is 404 g/mol. The van der Waals surface area contributed by atoms with Crippen LogP contribution < -0.4 is 10.1 Å². The van der Waals surface area contributed by atoms with Gasteiger partial charge in [-0.25, -0.2) is 4.79 Å². The Kier molecular flexibility index (Phi) is 8.04. The van der Waals surface area contributed by atoms with E-state index in [-0.39, 0.29) is 4.91 Å². The number of methoxy groups -OCH3 is 2. The first-order chi connectivity index (χ1) is 14.6. The van der Waals surface area contributed by atoms with Gasteiger partial charge in [0, 0.05) is 12.6 Å². The SMILES string of the molecule is COC(=O)/C=C1/S/C(=N\N=Cc2ccc(OC)cc2CN2CCCCCC2)NC1=O. The van der Waals surface area contributed by atoms with Gasteiger partial charge in [-0.05, 0) is 67.0 Å².